The molecule has 1 atom stereocenters. The highest BCUT2D eigenvalue weighted by molar-refractivity contribution is 6.30. The topological polar surface area (TPSA) is 46.5 Å². The highest BCUT2D eigenvalue weighted by Crippen LogP contribution is 2.12. The predicted octanol–water partition coefficient (Wildman–Crippen LogP) is 2.33. The Morgan fingerprint density at radius 1 is 1.64 bits per heavy atom. The van der Waals surface area contributed by atoms with Crippen LogP contribution < -0.4 is 0 Å². The molecule has 1 N–H and O–H groups in total. The Morgan fingerprint density at radius 2 is 2.36 bits per heavy atom. The van der Waals surface area contributed by atoms with E-state index >= 15 is 0 Å². The Morgan fingerprint density at radius 3 is 2.93 bits per heavy atom. The van der Waals surface area contributed by atoms with E-state index in [1.54, 1.807) is 18.2 Å². The number of carboxylic acids is 1. The summed E-state index contributed by atoms with van der Waals surface area (Å²) in [7, 11) is 0. The lowest BCUT2D eigenvalue weighted by Gasteiger charge is -2.08. The maximum Gasteiger partial charge on any atom is 0.332 e. The second-order valence-corrected chi connectivity index (χ2v) is 3.36. The molecule has 1 unspecified atom stereocenters. The molecule has 0 amide bonds. The summed E-state index contributed by atoms with van der Waals surface area (Å²) in [5.74, 6) is -0.966. The third-order valence-corrected chi connectivity index (χ3v) is 1.97. The smallest absolute Gasteiger partial charge is 0.332 e. The molecule has 1 rings (SSSR count). The molecule has 0 saturated heterocycles. The van der Waals surface area contributed by atoms with Crippen LogP contribution in [0.4, 0.5) is 0 Å². The molecule has 4 heteroatoms. The van der Waals surface area contributed by atoms with E-state index in [-0.39, 0.29) is 6.61 Å². The van der Waals surface area contributed by atoms with Crippen LogP contribution in [0.2, 0.25) is 5.02 Å². The molecule has 0 radical (unpaired) electrons. The minimum atomic E-state index is -0.966. The highest BCUT2D eigenvalue weighted by atomic mass is 35.5. The Kier molecular flexibility index (Phi) is 3.92. The lowest BCUT2D eigenvalue weighted by Crippen LogP contribution is -2.19. The van der Waals surface area contributed by atoms with E-state index in [1.165, 1.54) is 6.92 Å². The molecule has 3 nitrogen and oxygen atoms in total. The fourth-order valence-corrected chi connectivity index (χ4v) is 1.13. The molecule has 0 heterocycles. The molecular weight excluding hydrogens is 204 g/mol. The number of aliphatic carboxylic acids is 1. The van der Waals surface area contributed by atoms with E-state index in [0.717, 1.165) is 5.56 Å². The van der Waals surface area contributed by atoms with Gasteiger partial charge >= 0.3 is 5.97 Å². The van der Waals surface area contributed by atoms with Crippen molar-refractivity contribution in [1.29, 1.82) is 0 Å². The number of benzene rings is 1. The molecule has 0 aliphatic heterocycles. The van der Waals surface area contributed by atoms with Gasteiger partial charge in [0.05, 0.1) is 6.61 Å². The molecule has 0 aromatic heterocycles. The maximum atomic E-state index is 10.4. The molecule has 0 fully saturated rings. The highest BCUT2D eigenvalue weighted by Gasteiger charge is 2.10. The number of hydrogen-bond donors (Lipinski definition) is 1. The van der Waals surface area contributed by atoms with Crippen LogP contribution in [-0.2, 0) is 16.1 Å². The molecule has 1 aromatic rings. The van der Waals surface area contributed by atoms with Crippen molar-refractivity contribution >= 4 is 17.6 Å². The Labute approximate surface area is 87.3 Å². The molecule has 76 valence electrons. The molecule has 0 spiro atoms. The fraction of sp³-hybridized carbons (Fsp3) is 0.300. The van der Waals surface area contributed by atoms with Crippen LogP contribution in [0, 0.1) is 0 Å². The average Bonchev–Trinajstić information content (AvgIpc) is 2.14. The van der Waals surface area contributed by atoms with Gasteiger partial charge in [0, 0.05) is 5.02 Å². The Bertz CT molecular complexity index is 325. The molecule has 0 saturated carbocycles. The van der Waals surface area contributed by atoms with Gasteiger partial charge in [-0.1, -0.05) is 23.7 Å². The van der Waals surface area contributed by atoms with Gasteiger partial charge in [-0.15, -0.1) is 0 Å². The van der Waals surface area contributed by atoms with Crippen molar-refractivity contribution in [2.75, 3.05) is 0 Å². The van der Waals surface area contributed by atoms with Gasteiger partial charge in [0.1, 0.15) is 0 Å². The van der Waals surface area contributed by atoms with Crippen molar-refractivity contribution in [3.05, 3.63) is 34.9 Å². The van der Waals surface area contributed by atoms with Gasteiger partial charge in [0.25, 0.3) is 0 Å². The van der Waals surface area contributed by atoms with E-state index in [9.17, 15) is 4.79 Å². The zero-order valence-corrected chi connectivity index (χ0v) is 8.49. The molecule has 14 heavy (non-hydrogen) atoms. The summed E-state index contributed by atoms with van der Waals surface area (Å²) in [5, 5.41) is 9.18. The van der Waals surface area contributed by atoms with E-state index in [2.05, 4.69) is 0 Å². The van der Waals surface area contributed by atoms with Crippen molar-refractivity contribution in [2.24, 2.45) is 0 Å². The SMILES string of the molecule is CC(OCc1cccc(Cl)c1)C(=O)O. The van der Waals surface area contributed by atoms with Crippen molar-refractivity contribution in [3.63, 3.8) is 0 Å². The fourth-order valence-electron chi connectivity index (χ4n) is 0.919. The van der Waals surface area contributed by atoms with E-state index in [4.69, 9.17) is 21.4 Å². The summed E-state index contributed by atoms with van der Waals surface area (Å²) in [6.07, 6.45) is -0.797. The van der Waals surface area contributed by atoms with E-state index in [1.807, 2.05) is 6.07 Å². The first-order chi connectivity index (χ1) is 6.59. The minimum Gasteiger partial charge on any atom is -0.479 e. The first kappa shape index (κ1) is 11.0. The largest absolute Gasteiger partial charge is 0.479 e. The van der Waals surface area contributed by atoms with Gasteiger partial charge in [0.15, 0.2) is 6.10 Å². The van der Waals surface area contributed by atoms with Crippen molar-refractivity contribution in [2.45, 2.75) is 19.6 Å². The summed E-state index contributed by atoms with van der Waals surface area (Å²) < 4.78 is 5.09. The van der Waals surface area contributed by atoms with Crippen molar-refractivity contribution in [3.8, 4) is 0 Å². The van der Waals surface area contributed by atoms with Crippen LogP contribution in [-0.4, -0.2) is 17.2 Å². The molecule has 1 aromatic carbocycles. The lowest BCUT2D eigenvalue weighted by atomic mass is 10.2. The summed E-state index contributed by atoms with van der Waals surface area (Å²) in [6.45, 7) is 1.75. The average molecular weight is 215 g/mol. The number of rotatable bonds is 4. The van der Waals surface area contributed by atoms with Crippen molar-refractivity contribution < 1.29 is 14.6 Å². The van der Waals surface area contributed by atoms with Crippen LogP contribution in [0.5, 0.6) is 0 Å². The van der Waals surface area contributed by atoms with Crippen LogP contribution >= 0.6 is 11.6 Å². The van der Waals surface area contributed by atoms with E-state index < -0.39 is 12.1 Å². The van der Waals surface area contributed by atoms with Gasteiger partial charge in [-0.05, 0) is 24.6 Å². The number of hydrogen-bond acceptors (Lipinski definition) is 2. The monoisotopic (exact) mass is 214 g/mol. The number of halogens is 1. The number of ether oxygens (including phenoxy) is 1. The van der Waals surface area contributed by atoms with Gasteiger partial charge < -0.3 is 9.84 Å². The third-order valence-electron chi connectivity index (χ3n) is 1.74. The zero-order chi connectivity index (χ0) is 10.6. The summed E-state index contributed by atoms with van der Waals surface area (Å²) in [4.78, 5) is 10.4. The van der Waals surface area contributed by atoms with Crippen LogP contribution in [0.15, 0.2) is 24.3 Å². The number of carbonyl (C=O) groups is 1. The normalized spacial score (nSPS) is 12.4. The molecule has 0 aliphatic carbocycles. The first-order valence-corrected chi connectivity index (χ1v) is 4.56. The lowest BCUT2D eigenvalue weighted by molar-refractivity contribution is -0.149. The minimum absolute atomic E-state index is 0.258. The Hall–Kier alpha value is -1.06. The van der Waals surface area contributed by atoms with Crippen molar-refractivity contribution in [1.82, 2.24) is 0 Å². The van der Waals surface area contributed by atoms with Gasteiger partial charge in [-0.3, -0.25) is 0 Å². The zero-order valence-electron chi connectivity index (χ0n) is 7.74. The molecule has 0 aliphatic rings. The second kappa shape index (κ2) is 4.98. The summed E-state index contributed by atoms with van der Waals surface area (Å²) >= 11 is 5.75. The standard InChI is InChI=1S/C10H11ClO3/c1-7(10(12)13)14-6-8-3-2-4-9(11)5-8/h2-5,7H,6H2,1H3,(H,12,13). The number of carboxylic acid groups (broad SMARTS) is 1. The first-order valence-electron chi connectivity index (χ1n) is 4.18. The van der Waals surface area contributed by atoms with Gasteiger partial charge in [-0.2, -0.15) is 0 Å². The van der Waals surface area contributed by atoms with Gasteiger partial charge in [0.2, 0.25) is 0 Å². The quantitative estimate of drug-likeness (QED) is 0.837. The van der Waals surface area contributed by atoms with Gasteiger partial charge in [-0.25, -0.2) is 4.79 Å². The molecular formula is C10H11ClO3. The maximum absolute atomic E-state index is 10.4. The van der Waals surface area contributed by atoms with Crippen LogP contribution in [0.1, 0.15) is 12.5 Å². The predicted molar refractivity (Wildman–Crippen MR) is 53.3 cm³/mol. The summed E-state index contributed by atoms with van der Waals surface area (Å²) in [5.41, 5.74) is 0.866. The third kappa shape index (κ3) is 3.36. The van der Waals surface area contributed by atoms with E-state index in [0.29, 0.717) is 5.02 Å². The molecule has 0 bridgehead atoms. The second-order valence-electron chi connectivity index (χ2n) is 2.92. The van der Waals surface area contributed by atoms with Crippen LogP contribution in [0.25, 0.3) is 0 Å². The Balaban J connectivity index is 2.49. The summed E-state index contributed by atoms with van der Waals surface area (Å²) in [6, 6.07) is 7.13. The van der Waals surface area contributed by atoms with Crippen LogP contribution in [0.3, 0.4) is 0 Å².